The van der Waals surface area contributed by atoms with Gasteiger partial charge in [-0.15, -0.1) is 0 Å². The van der Waals surface area contributed by atoms with Crippen LogP contribution in [-0.2, 0) is 4.79 Å². The summed E-state index contributed by atoms with van der Waals surface area (Å²) in [4.78, 5) is 32.5. The van der Waals surface area contributed by atoms with Crippen molar-refractivity contribution in [2.24, 2.45) is 11.3 Å². The minimum absolute atomic E-state index is 0.216. The summed E-state index contributed by atoms with van der Waals surface area (Å²) in [7, 11) is 0. The number of carbonyl (C=O) groups is 2. The molecule has 8 heteroatoms. The SMILES string of the molecule is O=C1CCN(c2cnc3c(ccn3C3CC4(CC(CN5CCNCC5)C4)C3)c2)C(=O)N1. The molecule has 2 aromatic heterocycles. The van der Waals surface area contributed by atoms with Gasteiger partial charge < -0.3 is 14.8 Å². The van der Waals surface area contributed by atoms with Gasteiger partial charge in [0.15, 0.2) is 0 Å². The highest BCUT2D eigenvalue weighted by Gasteiger charge is 2.53. The van der Waals surface area contributed by atoms with E-state index in [0.29, 0.717) is 24.4 Å². The van der Waals surface area contributed by atoms with Crippen LogP contribution in [0.1, 0.15) is 38.1 Å². The second-order valence-corrected chi connectivity index (χ2v) is 9.97. The minimum atomic E-state index is -0.363. The van der Waals surface area contributed by atoms with Crippen LogP contribution in [0, 0.1) is 11.3 Å². The van der Waals surface area contributed by atoms with Crippen LogP contribution in [0.5, 0.6) is 0 Å². The molecule has 4 heterocycles. The molecule has 0 radical (unpaired) electrons. The molecule has 2 saturated heterocycles. The van der Waals surface area contributed by atoms with Crippen LogP contribution < -0.4 is 15.5 Å². The van der Waals surface area contributed by atoms with E-state index in [0.717, 1.165) is 35.7 Å². The quantitative estimate of drug-likeness (QED) is 0.789. The average Bonchev–Trinajstić information content (AvgIpc) is 3.12. The molecule has 164 valence electrons. The lowest BCUT2D eigenvalue weighted by molar-refractivity contribution is -0.120. The van der Waals surface area contributed by atoms with Crippen LogP contribution in [0.3, 0.4) is 0 Å². The molecule has 31 heavy (non-hydrogen) atoms. The zero-order chi connectivity index (χ0) is 21.0. The maximum Gasteiger partial charge on any atom is 0.328 e. The van der Waals surface area contributed by atoms with E-state index in [1.807, 2.05) is 6.07 Å². The lowest BCUT2D eigenvalue weighted by atomic mass is 9.50. The van der Waals surface area contributed by atoms with Crippen molar-refractivity contribution in [2.75, 3.05) is 44.2 Å². The van der Waals surface area contributed by atoms with Crippen LogP contribution in [0.15, 0.2) is 24.5 Å². The molecular formula is C23H30N6O2. The Bertz CT molecular complexity index is 1010. The molecule has 4 aliphatic rings. The summed E-state index contributed by atoms with van der Waals surface area (Å²) in [6.45, 7) is 6.35. The number of rotatable bonds is 4. The molecular weight excluding hydrogens is 392 g/mol. The first-order valence-electron chi connectivity index (χ1n) is 11.6. The predicted molar refractivity (Wildman–Crippen MR) is 118 cm³/mol. The van der Waals surface area contributed by atoms with Crippen molar-refractivity contribution in [3.05, 3.63) is 24.5 Å². The Morgan fingerprint density at radius 3 is 2.68 bits per heavy atom. The topological polar surface area (TPSA) is 82.5 Å². The number of pyridine rings is 1. The second kappa shape index (κ2) is 7.31. The third-order valence-electron chi connectivity index (χ3n) is 7.81. The van der Waals surface area contributed by atoms with E-state index >= 15 is 0 Å². The molecule has 0 aromatic carbocycles. The molecule has 0 atom stereocenters. The minimum Gasteiger partial charge on any atom is -0.329 e. The smallest absolute Gasteiger partial charge is 0.328 e. The van der Waals surface area contributed by atoms with Gasteiger partial charge in [0.1, 0.15) is 5.65 Å². The number of nitrogens with zero attached hydrogens (tertiary/aromatic N) is 4. The summed E-state index contributed by atoms with van der Waals surface area (Å²) in [5.74, 6) is 0.662. The summed E-state index contributed by atoms with van der Waals surface area (Å²) in [6, 6.07) is 4.28. The molecule has 3 amide bonds. The summed E-state index contributed by atoms with van der Waals surface area (Å²) in [5.41, 5.74) is 2.31. The number of aromatic nitrogens is 2. The van der Waals surface area contributed by atoms with E-state index in [-0.39, 0.29) is 11.9 Å². The maximum atomic E-state index is 12.1. The van der Waals surface area contributed by atoms with Crippen molar-refractivity contribution in [3.8, 4) is 0 Å². The van der Waals surface area contributed by atoms with Crippen LogP contribution in [-0.4, -0.2) is 65.7 Å². The van der Waals surface area contributed by atoms with E-state index in [1.54, 1.807) is 11.1 Å². The van der Waals surface area contributed by atoms with Crippen molar-refractivity contribution in [1.29, 1.82) is 0 Å². The molecule has 2 aromatic rings. The summed E-state index contributed by atoms with van der Waals surface area (Å²) < 4.78 is 2.33. The Morgan fingerprint density at radius 2 is 1.90 bits per heavy atom. The van der Waals surface area contributed by atoms with Gasteiger partial charge in [0.2, 0.25) is 5.91 Å². The fraction of sp³-hybridized carbons (Fsp3) is 0.609. The number of amides is 3. The zero-order valence-corrected chi connectivity index (χ0v) is 17.8. The molecule has 2 aliphatic heterocycles. The standard InChI is InChI=1S/C23H30N6O2/c30-20-2-6-29(22(31)26-20)18-9-17-1-5-28(21(17)25-14-18)19-12-23(13-19)10-16(11-23)15-27-7-3-24-4-8-27/h1,5,9,14,16,19,24H,2-4,6-8,10-13,15H2,(H,26,30,31). The van der Waals surface area contributed by atoms with Crippen LogP contribution in [0.4, 0.5) is 10.5 Å². The van der Waals surface area contributed by atoms with E-state index in [2.05, 4.69) is 32.4 Å². The fourth-order valence-corrected chi connectivity index (χ4v) is 6.31. The lowest BCUT2D eigenvalue weighted by Crippen LogP contribution is -2.53. The van der Waals surface area contributed by atoms with Crippen molar-refractivity contribution >= 4 is 28.7 Å². The van der Waals surface area contributed by atoms with Crippen molar-refractivity contribution in [2.45, 2.75) is 38.1 Å². The molecule has 0 bridgehead atoms. The molecule has 2 aliphatic carbocycles. The Labute approximate surface area is 182 Å². The molecule has 4 fully saturated rings. The fourth-order valence-electron chi connectivity index (χ4n) is 6.31. The highest BCUT2D eigenvalue weighted by Crippen LogP contribution is 2.63. The number of carbonyl (C=O) groups excluding carboxylic acids is 2. The maximum absolute atomic E-state index is 12.1. The van der Waals surface area contributed by atoms with Gasteiger partial charge in [0, 0.05) is 63.3 Å². The van der Waals surface area contributed by atoms with Gasteiger partial charge in [-0.05, 0) is 49.1 Å². The van der Waals surface area contributed by atoms with Crippen LogP contribution in [0.25, 0.3) is 11.0 Å². The largest absolute Gasteiger partial charge is 0.329 e. The number of hydrogen-bond acceptors (Lipinski definition) is 5. The zero-order valence-electron chi connectivity index (χ0n) is 17.8. The predicted octanol–water partition coefficient (Wildman–Crippen LogP) is 2.12. The molecule has 0 unspecified atom stereocenters. The number of piperazine rings is 1. The normalized spacial score (nSPS) is 31.5. The monoisotopic (exact) mass is 422 g/mol. The summed E-state index contributed by atoms with van der Waals surface area (Å²) in [6.07, 6.45) is 9.51. The number of fused-ring (bicyclic) bond motifs is 1. The van der Waals surface area contributed by atoms with Gasteiger partial charge >= 0.3 is 6.03 Å². The number of imide groups is 1. The van der Waals surface area contributed by atoms with E-state index < -0.39 is 0 Å². The highest BCUT2D eigenvalue weighted by molar-refractivity contribution is 6.06. The van der Waals surface area contributed by atoms with Gasteiger partial charge in [-0.3, -0.25) is 15.0 Å². The summed E-state index contributed by atoms with van der Waals surface area (Å²) in [5, 5.41) is 6.87. The van der Waals surface area contributed by atoms with Crippen LogP contribution in [0.2, 0.25) is 0 Å². The third-order valence-corrected chi connectivity index (χ3v) is 7.81. The Morgan fingerprint density at radius 1 is 1.10 bits per heavy atom. The van der Waals surface area contributed by atoms with E-state index in [4.69, 9.17) is 4.98 Å². The Kier molecular flexibility index (Phi) is 4.54. The van der Waals surface area contributed by atoms with Gasteiger partial charge in [0.05, 0.1) is 11.9 Å². The van der Waals surface area contributed by atoms with E-state index in [9.17, 15) is 9.59 Å². The first-order chi connectivity index (χ1) is 15.1. The van der Waals surface area contributed by atoms with Gasteiger partial charge in [-0.2, -0.15) is 0 Å². The molecule has 2 N–H and O–H groups in total. The van der Waals surface area contributed by atoms with E-state index in [1.165, 1.54) is 45.3 Å². The van der Waals surface area contributed by atoms with Gasteiger partial charge in [-0.1, -0.05) is 0 Å². The van der Waals surface area contributed by atoms with Gasteiger partial charge in [0.25, 0.3) is 0 Å². The highest BCUT2D eigenvalue weighted by atomic mass is 16.2. The Balaban J connectivity index is 1.09. The van der Waals surface area contributed by atoms with Gasteiger partial charge in [-0.25, -0.2) is 9.78 Å². The average molecular weight is 423 g/mol. The number of nitrogens with one attached hydrogen (secondary N) is 2. The number of hydrogen-bond donors (Lipinski definition) is 2. The summed E-state index contributed by atoms with van der Waals surface area (Å²) >= 11 is 0. The Hall–Kier alpha value is -2.45. The van der Waals surface area contributed by atoms with Crippen LogP contribution >= 0.6 is 0 Å². The third kappa shape index (κ3) is 3.42. The number of anilines is 1. The molecule has 1 spiro atoms. The second-order valence-electron chi connectivity index (χ2n) is 9.97. The molecule has 2 saturated carbocycles. The van der Waals surface area contributed by atoms with Crippen molar-refractivity contribution in [3.63, 3.8) is 0 Å². The van der Waals surface area contributed by atoms with Crippen molar-refractivity contribution < 1.29 is 9.59 Å². The number of urea groups is 1. The molecule has 8 nitrogen and oxygen atoms in total. The lowest BCUT2D eigenvalue weighted by Gasteiger charge is -2.59. The van der Waals surface area contributed by atoms with Crippen molar-refractivity contribution in [1.82, 2.24) is 25.1 Å². The first kappa shape index (κ1) is 19.3. The first-order valence-corrected chi connectivity index (χ1v) is 11.6. The molecule has 6 rings (SSSR count).